The summed E-state index contributed by atoms with van der Waals surface area (Å²) in [6, 6.07) is 6.17. The van der Waals surface area contributed by atoms with E-state index in [0.717, 1.165) is 27.1 Å². The SMILES string of the molecule is Cc1cc(C)c2nc(SCC(=O)O)cc(C)c2c1. The number of carbonyl (C=O) groups is 1. The molecule has 1 aromatic carbocycles. The Morgan fingerprint density at radius 3 is 2.61 bits per heavy atom. The molecule has 0 aliphatic rings. The summed E-state index contributed by atoms with van der Waals surface area (Å²) in [4.78, 5) is 15.1. The molecule has 0 saturated heterocycles. The van der Waals surface area contributed by atoms with Gasteiger partial charge in [-0.3, -0.25) is 4.79 Å². The first-order valence-corrected chi connectivity index (χ1v) is 6.69. The van der Waals surface area contributed by atoms with Crippen LogP contribution in [-0.4, -0.2) is 21.8 Å². The van der Waals surface area contributed by atoms with Gasteiger partial charge in [-0.05, 0) is 44.0 Å². The fourth-order valence-corrected chi connectivity index (χ4v) is 2.71. The molecule has 0 aliphatic heterocycles. The van der Waals surface area contributed by atoms with Crippen molar-refractivity contribution in [2.45, 2.75) is 25.8 Å². The number of benzene rings is 1. The predicted octanol–water partition coefficient (Wildman–Crippen LogP) is 3.34. The van der Waals surface area contributed by atoms with Crippen LogP contribution in [0.2, 0.25) is 0 Å². The van der Waals surface area contributed by atoms with E-state index in [-0.39, 0.29) is 5.75 Å². The third-order valence-corrected chi connectivity index (χ3v) is 3.67. The second-order valence-electron chi connectivity index (χ2n) is 4.44. The van der Waals surface area contributed by atoms with E-state index >= 15 is 0 Å². The van der Waals surface area contributed by atoms with E-state index in [9.17, 15) is 4.79 Å². The average Bonchev–Trinajstić information content (AvgIpc) is 2.28. The Kier molecular flexibility index (Phi) is 3.57. The van der Waals surface area contributed by atoms with E-state index in [1.807, 2.05) is 19.9 Å². The lowest BCUT2D eigenvalue weighted by Gasteiger charge is -2.09. The molecule has 18 heavy (non-hydrogen) atoms. The number of fused-ring (bicyclic) bond motifs is 1. The van der Waals surface area contributed by atoms with Crippen molar-refractivity contribution < 1.29 is 9.90 Å². The quantitative estimate of drug-likeness (QED) is 0.861. The highest BCUT2D eigenvalue weighted by Gasteiger charge is 2.08. The first-order valence-electron chi connectivity index (χ1n) is 5.70. The molecule has 0 saturated carbocycles. The van der Waals surface area contributed by atoms with Gasteiger partial charge in [0, 0.05) is 5.39 Å². The van der Waals surface area contributed by atoms with Gasteiger partial charge in [0.1, 0.15) is 0 Å². The summed E-state index contributed by atoms with van der Waals surface area (Å²) in [5.74, 6) is -0.775. The molecule has 0 spiro atoms. The van der Waals surface area contributed by atoms with Crippen molar-refractivity contribution in [1.29, 1.82) is 0 Å². The summed E-state index contributed by atoms with van der Waals surface area (Å²) in [5, 5.41) is 10.6. The number of carboxylic acids is 1. The van der Waals surface area contributed by atoms with Crippen LogP contribution in [0.4, 0.5) is 0 Å². The van der Waals surface area contributed by atoms with Crippen LogP contribution in [-0.2, 0) is 4.79 Å². The number of aliphatic carboxylic acids is 1. The summed E-state index contributed by atoms with van der Waals surface area (Å²) in [5.41, 5.74) is 4.45. The molecule has 2 rings (SSSR count). The second kappa shape index (κ2) is 4.98. The van der Waals surface area contributed by atoms with Crippen molar-refractivity contribution in [3.8, 4) is 0 Å². The lowest BCUT2D eigenvalue weighted by atomic mass is 10.0. The highest BCUT2D eigenvalue weighted by molar-refractivity contribution is 7.99. The Labute approximate surface area is 110 Å². The molecular weight excluding hydrogens is 246 g/mol. The molecule has 0 amide bonds. The van der Waals surface area contributed by atoms with Gasteiger partial charge in [0.05, 0.1) is 16.3 Å². The first kappa shape index (κ1) is 12.9. The minimum Gasteiger partial charge on any atom is -0.481 e. The highest BCUT2D eigenvalue weighted by atomic mass is 32.2. The average molecular weight is 261 g/mol. The number of aromatic nitrogens is 1. The Bertz CT molecular complexity index is 623. The number of nitrogens with zero attached hydrogens (tertiary/aromatic N) is 1. The van der Waals surface area contributed by atoms with Gasteiger partial charge in [-0.2, -0.15) is 0 Å². The van der Waals surface area contributed by atoms with Crippen molar-refractivity contribution >= 4 is 28.6 Å². The minimum atomic E-state index is -0.819. The van der Waals surface area contributed by atoms with Crippen LogP contribution < -0.4 is 0 Å². The summed E-state index contributed by atoms with van der Waals surface area (Å²) < 4.78 is 0. The Hall–Kier alpha value is -1.55. The maximum Gasteiger partial charge on any atom is 0.313 e. The third kappa shape index (κ3) is 2.64. The van der Waals surface area contributed by atoms with Crippen LogP contribution >= 0.6 is 11.8 Å². The fourth-order valence-electron chi connectivity index (χ4n) is 2.02. The Balaban J connectivity index is 2.51. The van der Waals surface area contributed by atoms with E-state index < -0.39 is 5.97 Å². The first-order chi connectivity index (χ1) is 8.47. The molecule has 1 N–H and O–H groups in total. The molecule has 1 heterocycles. The number of hydrogen-bond acceptors (Lipinski definition) is 3. The number of hydrogen-bond donors (Lipinski definition) is 1. The van der Waals surface area contributed by atoms with Gasteiger partial charge >= 0.3 is 5.97 Å². The van der Waals surface area contributed by atoms with Crippen molar-refractivity contribution in [3.63, 3.8) is 0 Å². The van der Waals surface area contributed by atoms with E-state index in [1.165, 1.54) is 17.3 Å². The molecule has 0 atom stereocenters. The van der Waals surface area contributed by atoms with Crippen LogP contribution in [0.5, 0.6) is 0 Å². The fraction of sp³-hybridized carbons (Fsp3) is 0.286. The normalized spacial score (nSPS) is 10.8. The third-order valence-electron chi connectivity index (χ3n) is 2.78. The zero-order chi connectivity index (χ0) is 13.3. The molecule has 3 nitrogen and oxygen atoms in total. The Morgan fingerprint density at radius 1 is 1.22 bits per heavy atom. The smallest absolute Gasteiger partial charge is 0.313 e. The topological polar surface area (TPSA) is 50.2 Å². The zero-order valence-electron chi connectivity index (χ0n) is 10.7. The summed E-state index contributed by atoms with van der Waals surface area (Å²) >= 11 is 1.26. The van der Waals surface area contributed by atoms with Crippen molar-refractivity contribution in [1.82, 2.24) is 4.98 Å². The summed E-state index contributed by atoms with van der Waals surface area (Å²) in [6.45, 7) is 6.14. The second-order valence-corrected chi connectivity index (χ2v) is 5.43. The van der Waals surface area contributed by atoms with Gasteiger partial charge in [0.25, 0.3) is 0 Å². The van der Waals surface area contributed by atoms with Crippen LogP contribution in [0.3, 0.4) is 0 Å². The molecule has 0 aliphatic carbocycles. The number of pyridine rings is 1. The van der Waals surface area contributed by atoms with Gasteiger partial charge in [-0.15, -0.1) is 0 Å². The van der Waals surface area contributed by atoms with Crippen molar-refractivity contribution in [2.75, 3.05) is 5.75 Å². The van der Waals surface area contributed by atoms with Gasteiger partial charge in [-0.25, -0.2) is 4.98 Å². The van der Waals surface area contributed by atoms with E-state index in [0.29, 0.717) is 0 Å². The minimum absolute atomic E-state index is 0.0445. The van der Waals surface area contributed by atoms with Gasteiger partial charge < -0.3 is 5.11 Å². The summed E-state index contributed by atoms with van der Waals surface area (Å²) in [6.07, 6.45) is 0. The maximum atomic E-state index is 10.6. The number of aryl methyl sites for hydroxylation is 3. The van der Waals surface area contributed by atoms with Crippen molar-refractivity contribution in [3.05, 3.63) is 34.9 Å². The van der Waals surface area contributed by atoms with Gasteiger partial charge in [0.15, 0.2) is 0 Å². The molecular formula is C14H15NO2S. The molecule has 94 valence electrons. The maximum absolute atomic E-state index is 10.6. The van der Waals surface area contributed by atoms with E-state index in [1.54, 1.807) is 0 Å². The molecule has 4 heteroatoms. The molecule has 1 aromatic heterocycles. The summed E-state index contributed by atoms with van der Waals surface area (Å²) in [7, 11) is 0. The Morgan fingerprint density at radius 2 is 1.94 bits per heavy atom. The number of thioether (sulfide) groups is 1. The predicted molar refractivity (Wildman–Crippen MR) is 74.3 cm³/mol. The van der Waals surface area contributed by atoms with E-state index in [2.05, 4.69) is 24.0 Å². The molecule has 0 bridgehead atoms. The lowest BCUT2D eigenvalue weighted by Crippen LogP contribution is -1.99. The van der Waals surface area contributed by atoms with Crippen LogP contribution in [0.15, 0.2) is 23.2 Å². The molecule has 0 radical (unpaired) electrons. The van der Waals surface area contributed by atoms with Gasteiger partial charge in [-0.1, -0.05) is 23.4 Å². The van der Waals surface area contributed by atoms with Crippen LogP contribution in [0.1, 0.15) is 16.7 Å². The molecule has 0 unspecified atom stereocenters. The standard InChI is InChI=1S/C14H15NO2S/c1-8-4-10(3)14-11(5-8)9(2)6-12(15-14)18-7-13(16)17/h4-6H,7H2,1-3H3,(H,16,17). The number of carboxylic acid groups (broad SMARTS) is 1. The van der Waals surface area contributed by atoms with Crippen molar-refractivity contribution in [2.24, 2.45) is 0 Å². The highest BCUT2D eigenvalue weighted by Crippen LogP contribution is 2.26. The molecule has 2 aromatic rings. The number of rotatable bonds is 3. The largest absolute Gasteiger partial charge is 0.481 e. The van der Waals surface area contributed by atoms with Crippen LogP contribution in [0, 0.1) is 20.8 Å². The van der Waals surface area contributed by atoms with Gasteiger partial charge in [0.2, 0.25) is 0 Å². The van der Waals surface area contributed by atoms with Crippen LogP contribution in [0.25, 0.3) is 10.9 Å². The monoisotopic (exact) mass is 261 g/mol. The zero-order valence-corrected chi connectivity index (χ0v) is 11.5. The molecule has 0 fully saturated rings. The lowest BCUT2D eigenvalue weighted by molar-refractivity contribution is -0.133. The van der Waals surface area contributed by atoms with E-state index in [4.69, 9.17) is 5.11 Å².